The maximum Gasteiger partial charge on any atom is 0.419 e. The summed E-state index contributed by atoms with van der Waals surface area (Å²) in [4.78, 5) is 14.0. The van der Waals surface area contributed by atoms with Crippen molar-refractivity contribution in [2.24, 2.45) is 13.0 Å². The van der Waals surface area contributed by atoms with E-state index < -0.39 is 15.8 Å². The monoisotopic (exact) mass is 383 g/mol. The highest BCUT2D eigenvalue weighted by Gasteiger charge is 2.22. The molecule has 1 aromatic heterocycles. The van der Waals surface area contributed by atoms with Gasteiger partial charge >= 0.3 is 5.76 Å². The lowest BCUT2D eigenvalue weighted by atomic mass is 9.97. The molecule has 0 amide bonds. The Labute approximate surface area is 152 Å². The van der Waals surface area contributed by atoms with Crippen molar-refractivity contribution in [3.63, 3.8) is 0 Å². The fraction of sp³-hybridized carbons (Fsp3) is 0.588. The standard InChI is InChI=1S/C17H25N3O5S/c1-19-15-11-14(3-4-16(15)25-17(19)21)26(22,23)18-12-13-5-7-20(8-6-13)9-10-24-2/h3-4,11,13,18H,5-10,12H2,1-2H3. The zero-order chi connectivity index (χ0) is 18.7. The molecule has 0 bridgehead atoms. The van der Waals surface area contributed by atoms with E-state index in [0.717, 1.165) is 39.1 Å². The quantitative estimate of drug-likeness (QED) is 0.759. The number of sulfonamides is 1. The molecule has 1 fully saturated rings. The molecule has 3 rings (SSSR count). The number of aryl methyl sites for hydroxylation is 1. The fourth-order valence-corrected chi connectivity index (χ4v) is 4.35. The Kier molecular flexibility index (Phi) is 5.81. The Balaban J connectivity index is 1.61. The van der Waals surface area contributed by atoms with E-state index in [9.17, 15) is 13.2 Å². The number of oxazole rings is 1. The van der Waals surface area contributed by atoms with Gasteiger partial charge in [0.1, 0.15) is 0 Å². The molecule has 0 spiro atoms. The Morgan fingerprint density at radius 2 is 2.04 bits per heavy atom. The summed E-state index contributed by atoms with van der Waals surface area (Å²) in [7, 11) is -0.381. The Morgan fingerprint density at radius 1 is 1.31 bits per heavy atom. The first-order chi connectivity index (χ1) is 12.4. The van der Waals surface area contributed by atoms with Gasteiger partial charge < -0.3 is 14.1 Å². The van der Waals surface area contributed by atoms with Crippen LogP contribution in [0.3, 0.4) is 0 Å². The predicted octanol–water partition coefficient (Wildman–Crippen LogP) is 0.768. The van der Waals surface area contributed by atoms with Gasteiger partial charge in [0.2, 0.25) is 10.0 Å². The lowest BCUT2D eigenvalue weighted by Crippen LogP contribution is -2.39. The SMILES string of the molecule is COCCN1CCC(CNS(=O)(=O)c2ccc3oc(=O)n(C)c3c2)CC1. The maximum atomic E-state index is 12.6. The first-order valence-corrected chi connectivity index (χ1v) is 10.2. The number of piperidine rings is 1. The van der Waals surface area contributed by atoms with Crippen LogP contribution in [0, 0.1) is 5.92 Å². The minimum Gasteiger partial charge on any atom is -0.408 e. The van der Waals surface area contributed by atoms with Crippen LogP contribution in [0.2, 0.25) is 0 Å². The maximum absolute atomic E-state index is 12.6. The Hall–Kier alpha value is -1.68. The topological polar surface area (TPSA) is 93.8 Å². The Morgan fingerprint density at radius 3 is 2.73 bits per heavy atom. The number of nitrogens with zero attached hydrogens (tertiary/aromatic N) is 2. The normalized spacial score (nSPS) is 17.2. The van der Waals surface area contributed by atoms with E-state index in [1.807, 2.05) is 0 Å². The number of likely N-dealkylation sites (tertiary alicyclic amines) is 1. The van der Waals surface area contributed by atoms with Gasteiger partial charge in [-0.1, -0.05) is 0 Å². The molecule has 0 aliphatic carbocycles. The molecule has 9 heteroatoms. The number of fused-ring (bicyclic) bond motifs is 1. The molecule has 26 heavy (non-hydrogen) atoms. The summed E-state index contributed by atoms with van der Waals surface area (Å²) < 4.78 is 39.3. The zero-order valence-corrected chi connectivity index (χ0v) is 15.9. The molecule has 2 aromatic rings. The van der Waals surface area contributed by atoms with Gasteiger partial charge in [-0.15, -0.1) is 0 Å². The molecular formula is C17H25N3O5S. The average molecular weight is 383 g/mol. The van der Waals surface area contributed by atoms with Crippen LogP contribution in [0.5, 0.6) is 0 Å². The number of hydrogen-bond donors (Lipinski definition) is 1. The van der Waals surface area contributed by atoms with Gasteiger partial charge in [0.05, 0.1) is 17.0 Å². The van der Waals surface area contributed by atoms with Crippen LogP contribution < -0.4 is 10.5 Å². The van der Waals surface area contributed by atoms with Crippen molar-refractivity contribution in [1.82, 2.24) is 14.2 Å². The second kappa shape index (κ2) is 7.91. The highest BCUT2D eigenvalue weighted by Crippen LogP contribution is 2.20. The van der Waals surface area contributed by atoms with Crippen molar-refractivity contribution in [3.8, 4) is 0 Å². The lowest BCUT2D eigenvalue weighted by Gasteiger charge is -2.31. The molecule has 1 aliphatic heterocycles. The first kappa shape index (κ1) is 19.1. The van der Waals surface area contributed by atoms with Gasteiger partial charge in [-0.2, -0.15) is 0 Å². The largest absolute Gasteiger partial charge is 0.419 e. The lowest BCUT2D eigenvalue weighted by molar-refractivity contribution is 0.121. The van der Waals surface area contributed by atoms with Gasteiger partial charge in [0.25, 0.3) is 0 Å². The third-order valence-corrected chi connectivity index (χ3v) is 6.38. The zero-order valence-electron chi connectivity index (χ0n) is 15.1. The van der Waals surface area contributed by atoms with Crippen molar-refractivity contribution in [1.29, 1.82) is 0 Å². The van der Waals surface area contributed by atoms with Crippen LogP contribution in [-0.4, -0.2) is 57.8 Å². The molecule has 2 heterocycles. The summed E-state index contributed by atoms with van der Waals surface area (Å²) in [6, 6.07) is 4.44. The number of benzene rings is 1. The molecule has 1 N–H and O–H groups in total. The number of nitrogens with one attached hydrogen (secondary N) is 1. The third-order valence-electron chi connectivity index (χ3n) is 4.95. The summed E-state index contributed by atoms with van der Waals surface area (Å²) in [6.45, 7) is 3.97. The number of aromatic nitrogens is 1. The van der Waals surface area contributed by atoms with E-state index in [1.54, 1.807) is 14.2 Å². The first-order valence-electron chi connectivity index (χ1n) is 8.71. The minimum atomic E-state index is -3.63. The van der Waals surface area contributed by atoms with Crippen LogP contribution in [-0.2, 0) is 21.8 Å². The molecular weight excluding hydrogens is 358 g/mol. The van der Waals surface area contributed by atoms with Gasteiger partial charge in [-0.25, -0.2) is 17.9 Å². The molecule has 0 saturated carbocycles. The molecule has 0 unspecified atom stereocenters. The number of rotatable bonds is 7. The fourth-order valence-electron chi connectivity index (χ4n) is 3.22. The smallest absolute Gasteiger partial charge is 0.408 e. The van der Waals surface area contributed by atoms with E-state index in [2.05, 4.69) is 9.62 Å². The van der Waals surface area contributed by atoms with Crippen molar-refractivity contribution in [3.05, 3.63) is 28.7 Å². The summed E-state index contributed by atoms with van der Waals surface area (Å²) in [5.41, 5.74) is 0.837. The molecule has 1 saturated heterocycles. The van der Waals surface area contributed by atoms with E-state index in [0.29, 0.717) is 23.6 Å². The molecule has 1 aromatic carbocycles. The van der Waals surface area contributed by atoms with Crippen molar-refractivity contribution in [2.45, 2.75) is 17.7 Å². The van der Waals surface area contributed by atoms with E-state index >= 15 is 0 Å². The van der Waals surface area contributed by atoms with Crippen molar-refractivity contribution >= 4 is 21.1 Å². The van der Waals surface area contributed by atoms with Crippen LogP contribution in [0.1, 0.15) is 12.8 Å². The number of methoxy groups -OCH3 is 1. The minimum absolute atomic E-state index is 0.138. The van der Waals surface area contributed by atoms with Crippen LogP contribution in [0.25, 0.3) is 11.1 Å². The molecule has 8 nitrogen and oxygen atoms in total. The van der Waals surface area contributed by atoms with Crippen molar-refractivity contribution < 1.29 is 17.6 Å². The van der Waals surface area contributed by atoms with E-state index in [-0.39, 0.29) is 4.90 Å². The van der Waals surface area contributed by atoms with E-state index in [4.69, 9.17) is 9.15 Å². The van der Waals surface area contributed by atoms with Crippen LogP contribution >= 0.6 is 0 Å². The summed E-state index contributed by atoms with van der Waals surface area (Å²) in [5.74, 6) is -0.187. The number of hydrogen-bond acceptors (Lipinski definition) is 6. The number of ether oxygens (including phenoxy) is 1. The van der Waals surface area contributed by atoms with Crippen LogP contribution in [0.4, 0.5) is 0 Å². The average Bonchev–Trinajstić information content (AvgIpc) is 2.93. The van der Waals surface area contributed by atoms with Gasteiger partial charge in [-0.05, 0) is 50.0 Å². The van der Waals surface area contributed by atoms with Crippen molar-refractivity contribution in [2.75, 3.05) is 39.9 Å². The molecule has 144 valence electrons. The summed E-state index contributed by atoms with van der Waals surface area (Å²) in [5, 5.41) is 0. The van der Waals surface area contributed by atoms with E-state index in [1.165, 1.54) is 22.8 Å². The van der Waals surface area contributed by atoms with Gasteiger partial charge in [0, 0.05) is 27.2 Å². The van der Waals surface area contributed by atoms with Gasteiger partial charge in [-0.3, -0.25) is 4.57 Å². The van der Waals surface area contributed by atoms with Crippen LogP contribution in [0.15, 0.2) is 32.3 Å². The Bertz CT molecular complexity index is 910. The molecule has 1 aliphatic rings. The highest BCUT2D eigenvalue weighted by molar-refractivity contribution is 7.89. The molecule has 0 atom stereocenters. The van der Waals surface area contributed by atoms with Gasteiger partial charge in [0.15, 0.2) is 5.58 Å². The summed E-state index contributed by atoms with van der Waals surface area (Å²) >= 11 is 0. The second-order valence-corrected chi connectivity index (χ2v) is 8.45. The highest BCUT2D eigenvalue weighted by atomic mass is 32.2. The second-order valence-electron chi connectivity index (χ2n) is 6.69. The summed E-state index contributed by atoms with van der Waals surface area (Å²) in [6.07, 6.45) is 1.92. The predicted molar refractivity (Wildman–Crippen MR) is 97.7 cm³/mol. The third kappa shape index (κ3) is 4.17. The molecule has 0 radical (unpaired) electrons.